The molecule has 1 unspecified atom stereocenters. The molecule has 1 atom stereocenters. The SMILES string of the molecule is COCC1(C(C)C)CN=C(N)N1c1cccc(OC)c1. The maximum Gasteiger partial charge on any atom is 0.196 e. The molecule has 0 bridgehead atoms. The maximum absolute atomic E-state index is 6.13. The number of benzene rings is 1. The summed E-state index contributed by atoms with van der Waals surface area (Å²) >= 11 is 0. The van der Waals surface area contributed by atoms with E-state index in [0.29, 0.717) is 25.0 Å². The van der Waals surface area contributed by atoms with Crippen LogP contribution < -0.4 is 15.4 Å². The Morgan fingerprint density at radius 3 is 2.75 bits per heavy atom. The predicted molar refractivity (Wildman–Crippen MR) is 81.4 cm³/mol. The average molecular weight is 277 g/mol. The predicted octanol–water partition coefficient (Wildman–Crippen LogP) is 1.87. The summed E-state index contributed by atoms with van der Waals surface area (Å²) in [5.74, 6) is 1.68. The number of rotatable bonds is 5. The van der Waals surface area contributed by atoms with Crippen molar-refractivity contribution >= 4 is 11.6 Å². The third-order valence-corrected chi connectivity index (χ3v) is 3.97. The Labute approximate surface area is 120 Å². The molecule has 0 radical (unpaired) electrons. The quantitative estimate of drug-likeness (QED) is 0.892. The van der Waals surface area contributed by atoms with Gasteiger partial charge in [-0.05, 0) is 18.1 Å². The van der Waals surface area contributed by atoms with Crippen LogP contribution in [-0.4, -0.2) is 38.9 Å². The molecule has 20 heavy (non-hydrogen) atoms. The zero-order valence-corrected chi connectivity index (χ0v) is 12.6. The molecule has 110 valence electrons. The summed E-state index contributed by atoms with van der Waals surface area (Å²) in [5, 5.41) is 0. The molecule has 0 saturated carbocycles. The van der Waals surface area contributed by atoms with Crippen molar-refractivity contribution in [2.24, 2.45) is 16.6 Å². The van der Waals surface area contributed by atoms with E-state index in [4.69, 9.17) is 15.2 Å². The molecular formula is C15H23N3O2. The van der Waals surface area contributed by atoms with Crippen LogP contribution in [0.2, 0.25) is 0 Å². The number of guanidine groups is 1. The van der Waals surface area contributed by atoms with Crippen LogP contribution in [0.4, 0.5) is 5.69 Å². The molecule has 1 aliphatic rings. The maximum atomic E-state index is 6.13. The van der Waals surface area contributed by atoms with E-state index in [1.807, 2.05) is 24.3 Å². The molecular weight excluding hydrogens is 254 g/mol. The molecule has 0 aliphatic carbocycles. The van der Waals surface area contributed by atoms with Crippen molar-refractivity contribution in [2.75, 3.05) is 32.3 Å². The van der Waals surface area contributed by atoms with Gasteiger partial charge in [-0.25, -0.2) is 0 Å². The van der Waals surface area contributed by atoms with Gasteiger partial charge in [-0.1, -0.05) is 19.9 Å². The smallest absolute Gasteiger partial charge is 0.196 e. The Balaban J connectivity index is 2.45. The number of aliphatic imine (C=N–C) groups is 1. The lowest BCUT2D eigenvalue weighted by molar-refractivity contribution is 0.115. The van der Waals surface area contributed by atoms with E-state index >= 15 is 0 Å². The number of nitrogens with zero attached hydrogens (tertiary/aromatic N) is 2. The Kier molecular flexibility index (Phi) is 4.18. The molecule has 0 saturated heterocycles. The number of ether oxygens (including phenoxy) is 2. The van der Waals surface area contributed by atoms with Crippen LogP contribution >= 0.6 is 0 Å². The summed E-state index contributed by atoms with van der Waals surface area (Å²) in [7, 11) is 3.37. The van der Waals surface area contributed by atoms with Crippen molar-refractivity contribution in [1.29, 1.82) is 0 Å². The van der Waals surface area contributed by atoms with Crippen molar-refractivity contribution in [1.82, 2.24) is 0 Å². The van der Waals surface area contributed by atoms with Gasteiger partial charge in [-0.15, -0.1) is 0 Å². The third-order valence-electron chi connectivity index (χ3n) is 3.97. The van der Waals surface area contributed by atoms with Crippen molar-refractivity contribution in [2.45, 2.75) is 19.4 Å². The second-order valence-electron chi connectivity index (χ2n) is 5.40. The highest BCUT2D eigenvalue weighted by Crippen LogP contribution is 2.36. The summed E-state index contributed by atoms with van der Waals surface area (Å²) in [6.07, 6.45) is 0. The van der Waals surface area contributed by atoms with Crippen LogP contribution in [0.25, 0.3) is 0 Å². The standard InChI is InChI=1S/C15H23N3O2/c1-11(2)15(10-19-3)9-17-14(16)18(15)12-6-5-7-13(8-12)20-4/h5-8,11H,9-10H2,1-4H3,(H2,16,17). The average Bonchev–Trinajstić information content (AvgIpc) is 2.77. The molecule has 0 amide bonds. The molecule has 1 aromatic carbocycles. The Hall–Kier alpha value is -1.75. The molecule has 5 nitrogen and oxygen atoms in total. The highest BCUT2D eigenvalue weighted by atomic mass is 16.5. The Morgan fingerprint density at radius 2 is 2.15 bits per heavy atom. The molecule has 0 aromatic heterocycles. The zero-order valence-electron chi connectivity index (χ0n) is 12.6. The minimum absolute atomic E-state index is 0.245. The lowest BCUT2D eigenvalue weighted by Crippen LogP contribution is -2.58. The van der Waals surface area contributed by atoms with E-state index in [2.05, 4.69) is 23.7 Å². The van der Waals surface area contributed by atoms with Gasteiger partial charge in [0, 0.05) is 18.9 Å². The second-order valence-corrected chi connectivity index (χ2v) is 5.40. The van der Waals surface area contributed by atoms with Gasteiger partial charge in [0.05, 0.1) is 25.8 Å². The van der Waals surface area contributed by atoms with Crippen molar-refractivity contribution in [3.8, 4) is 5.75 Å². The van der Waals surface area contributed by atoms with Gasteiger partial charge in [0.1, 0.15) is 5.75 Å². The Bertz CT molecular complexity index is 502. The molecule has 2 rings (SSSR count). The first-order valence-corrected chi connectivity index (χ1v) is 6.78. The van der Waals surface area contributed by atoms with Gasteiger partial charge in [0.25, 0.3) is 0 Å². The minimum Gasteiger partial charge on any atom is -0.497 e. The van der Waals surface area contributed by atoms with E-state index in [1.165, 1.54) is 0 Å². The van der Waals surface area contributed by atoms with E-state index in [1.54, 1.807) is 14.2 Å². The van der Waals surface area contributed by atoms with Crippen molar-refractivity contribution in [3.05, 3.63) is 24.3 Å². The zero-order chi connectivity index (χ0) is 14.8. The normalized spacial score (nSPS) is 22.2. The number of nitrogens with two attached hydrogens (primary N) is 1. The molecule has 1 aromatic rings. The summed E-state index contributed by atoms with van der Waals surface area (Å²) in [5.41, 5.74) is 6.86. The van der Waals surface area contributed by atoms with Gasteiger partial charge in [0.2, 0.25) is 0 Å². The summed E-state index contributed by atoms with van der Waals surface area (Å²) in [6, 6.07) is 7.86. The van der Waals surface area contributed by atoms with Gasteiger partial charge < -0.3 is 20.1 Å². The van der Waals surface area contributed by atoms with Crippen LogP contribution in [0, 0.1) is 5.92 Å². The highest BCUT2D eigenvalue weighted by Gasteiger charge is 2.45. The van der Waals surface area contributed by atoms with E-state index in [-0.39, 0.29) is 5.54 Å². The number of anilines is 1. The second kappa shape index (κ2) is 5.71. The molecule has 1 aliphatic heterocycles. The third kappa shape index (κ3) is 2.33. The molecule has 2 N–H and O–H groups in total. The fourth-order valence-corrected chi connectivity index (χ4v) is 2.69. The fraction of sp³-hybridized carbons (Fsp3) is 0.533. The first-order valence-electron chi connectivity index (χ1n) is 6.78. The number of hydrogen-bond acceptors (Lipinski definition) is 5. The summed E-state index contributed by atoms with van der Waals surface area (Å²) in [4.78, 5) is 6.52. The van der Waals surface area contributed by atoms with Crippen LogP contribution in [0.1, 0.15) is 13.8 Å². The molecule has 5 heteroatoms. The van der Waals surface area contributed by atoms with Crippen molar-refractivity contribution in [3.63, 3.8) is 0 Å². The van der Waals surface area contributed by atoms with E-state index < -0.39 is 0 Å². The minimum atomic E-state index is -0.245. The highest BCUT2D eigenvalue weighted by molar-refractivity contribution is 5.98. The van der Waals surface area contributed by atoms with E-state index in [9.17, 15) is 0 Å². The topological polar surface area (TPSA) is 60.1 Å². The summed E-state index contributed by atoms with van der Waals surface area (Å²) in [6.45, 7) is 5.55. The lowest BCUT2D eigenvalue weighted by Gasteiger charge is -2.42. The summed E-state index contributed by atoms with van der Waals surface area (Å²) < 4.78 is 10.7. The van der Waals surface area contributed by atoms with Crippen LogP contribution in [0.3, 0.4) is 0 Å². The Morgan fingerprint density at radius 1 is 1.40 bits per heavy atom. The monoisotopic (exact) mass is 277 g/mol. The fourth-order valence-electron chi connectivity index (χ4n) is 2.69. The molecule has 0 fully saturated rings. The number of hydrogen-bond donors (Lipinski definition) is 1. The van der Waals surface area contributed by atoms with Gasteiger partial charge in [-0.2, -0.15) is 0 Å². The van der Waals surface area contributed by atoms with Gasteiger partial charge in [0.15, 0.2) is 5.96 Å². The largest absolute Gasteiger partial charge is 0.497 e. The van der Waals surface area contributed by atoms with Crippen molar-refractivity contribution < 1.29 is 9.47 Å². The first kappa shape index (κ1) is 14.7. The molecule has 0 spiro atoms. The lowest BCUT2D eigenvalue weighted by atomic mass is 9.85. The van der Waals surface area contributed by atoms with Gasteiger partial charge in [-0.3, -0.25) is 4.99 Å². The first-order chi connectivity index (χ1) is 9.55. The van der Waals surface area contributed by atoms with Gasteiger partial charge >= 0.3 is 0 Å². The van der Waals surface area contributed by atoms with E-state index in [0.717, 1.165) is 11.4 Å². The van der Waals surface area contributed by atoms with Crippen LogP contribution in [-0.2, 0) is 4.74 Å². The van der Waals surface area contributed by atoms with Crippen LogP contribution in [0.5, 0.6) is 5.75 Å². The number of methoxy groups -OCH3 is 2. The molecule has 1 heterocycles. The van der Waals surface area contributed by atoms with Crippen LogP contribution in [0.15, 0.2) is 29.3 Å².